The molecule has 2 aliphatic heterocycles. The van der Waals surface area contributed by atoms with Crippen LogP contribution >= 0.6 is 0 Å². The van der Waals surface area contributed by atoms with Gasteiger partial charge in [0.25, 0.3) is 0 Å². The fourth-order valence-electron chi connectivity index (χ4n) is 3.70. The van der Waals surface area contributed by atoms with E-state index in [2.05, 4.69) is 10.4 Å². The van der Waals surface area contributed by atoms with Crippen LogP contribution in [0.2, 0.25) is 0 Å². The first-order chi connectivity index (χ1) is 11.8. The first kappa shape index (κ1) is 17.9. The molecule has 138 valence electrons. The van der Waals surface area contributed by atoms with Crippen LogP contribution in [0.4, 0.5) is 0 Å². The van der Waals surface area contributed by atoms with Crippen molar-refractivity contribution in [2.45, 2.75) is 49.6 Å². The Hall–Kier alpha value is -1.94. The third kappa shape index (κ3) is 3.15. The Balaban J connectivity index is 1.75. The minimum absolute atomic E-state index is 0.0497. The SMILES string of the molecule is CCCn1cc(S(=O)(=O)N2CCC3(CC2)NC(=O)CC3C(=O)O)cn1. The van der Waals surface area contributed by atoms with Gasteiger partial charge < -0.3 is 10.4 Å². The molecule has 1 aromatic rings. The van der Waals surface area contributed by atoms with Gasteiger partial charge in [0.05, 0.1) is 17.7 Å². The molecule has 9 nitrogen and oxygen atoms in total. The van der Waals surface area contributed by atoms with Crippen LogP contribution in [0, 0.1) is 5.92 Å². The summed E-state index contributed by atoms with van der Waals surface area (Å²) in [5, 5.41) is 16.2. The number of nitrogens with one attached hydrogen (secondary N) is 1. The van der Waals surface area contributed by atoms with E-state index in [0.717, 1.165) is 6.42 Å². The lowest BCUT2D eigenvalue weighted by atomic mass is 9.78. The topological polar surface area (TPSA) is 122 Å². The van der Waals surface area contributed by atoms with Gasteiger partial charge in [-0.2, -0.15) is 9.40 Å². The number of nitrogens with zero attached hydrogens (tertiary/aromatic N) is 3. The standard InChI is InChI=1S/C15H22N4O5S/c1-2-5-18-10-11(9-16-18)25(23,24)19-6-3-15(4-7-19)12(14(21)22)8-13(20)17-15/h9-10,12H,2-8H2,1H3,(H,17,20)(H,21,22). The number of sulfonamides is 1. The van der Waals surface area contributed by atoms with E-state index in [1.165, 1.54) is 16.7 Å². The van der Waals surface area contributed by atoms with Crippen molar-refractivity contribution in [3.8, 4) is 0 Å². The quantitative estimate of drug-likeness (QED) is 0.754. The highest BCUT2D eigenvalue weighted by atomic mass is 32.2. The van der Waals surface area contributed by atoms with Crippen molar-refractivity contribution in [1.82, 2.24) is 19.4 Å². The Labute approximate surface area is 146 Å². The Morgan fingerprint density at radius 3 is 2.72 bits per heavy atom. The van der Waals surface area contributed by atoms with Crippen LogP contribution in [0.25, 0.3) is 0 Å². The molecule has 1 spiro atoms. The van der Waals surface area contributed by atoms with Gasteiger partial charge in [0.15, 0.2) is 0 Å². The Bertz CT molecular complexity index is 780. The van der Waals surface area contributed by atoms with E-state index in [1.54, 1.807) is 4.68 Å². The fourth-order valence-corrected chi connectivity index (χ4v) is 5.09. The number of hydrogen-bond donors (Lipinski definition) is 2. The first-order valence-electron chi connectivity index (χ1n) is 8.35. The minimum atomic E-state index is -3.67. The van der Waals surface area contributed by atoms with Gasteiger partial charge in [-0.05, 0) is 19.3 Å². The summed E-state index contributed by atoms with van der Waals surface area (Å²) in [4.78, 5) is 23.3. The molecular formula is C15H22N4O5S. The maximum absolute atomic E-state index is 12.8. The van der Waals surface area contributed by atoms with Gasteiger partial charge in [0, 0.05) is 32.3 Å². The molecule has 2 aliphatic rings. The molecule has 0 bridgehead atoms. The summed E-state index contributed by atoms with van der Waals surface area (Å²) in [6, 6.07) is 0. The zero-order valence-corrected chi connectivity index (χ0v) is 14.8. The molecule has 25 heavy (non-hydrogen) atoms. The van der Waals surface area contributed by atoms with Gasteiger partial charge in [0.1, 0.15) is 4.90 Å². The number of aliphatic carboxylic acids is 1. The summed E-state index contributed by atoms with van der Waals surface area (Å²) >= 11 is 0. The average molecular weight is 370 g/mol. The van der Waals surface area contributed by atoms with Gasteiger partial charge in [-0.15, -0.1) is 0 Å². The van der Waals surface area contributed by atoms with Crippen LogP contribution in [0.3, 0.4) is 0 Å². The molecule has 3 heterocycles. The van der Waals surface area contributed by atoms with Crippen LogP contribution < -0.4 is 5.32 Å². The highest BCUT2D eigenvalue weighted by molar-refractivity contribution is 7.89. The van der Waals surface area contributed by atoms with Crippen LogP contribution in [0.1, 0.15) is 32.6 Å². The average Bonchev–Trinajstić information content (AvgIpc) is 3.14. The van der Waals surface area contributed by atoms with Crippen molar-refractivity contribution < 1.29 is 23.1 Å². The molecule has 1 aromatic heterocycles. The second-order valence-corrected chi connectivity index (χ2v) is 8.58. The number of piperidine rings is 1. The first-order valence-corrected chi connectivity index (χ1v) is 9.79. The van der Waals surface area contributed by atoms with E-state index >= 15 is 0 Å². The Morgan fingerprint density at radius 1 is 1.44 bits per heavy atom. The van der Waals surface area contributed by atoms with Gasteiger partial charge in [-0.25, -0.2) is 8.42 Å². The number of rotatable bonds is 5. The molecule has 1 unspecified atom stereocenters. The lowest BCUT2D eigenvalue weighted by molar-refractivity contribution is -0.144. The van der Waals surface area contributed by atoms with E-state index < -0.39 is 27.4 Å². The summed E-state index contributed by atoms with van der Waals surface area (Å²) in [6.45, 7) is 2.97. The summed E-state index contributed by atoms with van der Waals surface area (Å²) < 4.78 is 28.4. The number of amides is 1. The summed E-state index contributed by atoms with van der Waals surface area (Å²) in [7, 11) is -3.67. The predicted molar refractivity (Wildman–Crippen MR) is 87.1 cm³/mol. The van der Waals surface area contributed by atoms with E-state index in [0.29, 0.717) is 6.54 Å². The molecule has 2 N–H and O–H groups in total. The minimum Gasteiger partial charge on any atom is -0.481 e. The maximum atomic E-state index is 12.8. The summed E-state index contributed by atoms with van der Waals surface area (Å²) in [5.74, 6) is -2.11. The highest BCUT2D eigenvalue weighted by Gasteiger charge is 2.52. The number of carbonyl (C=O) groups excluding carboxylic acids is 1. The van der Waals surface area contributed by atoms with E-state index in [-0.39, 0.29) is 43.2 Å². The van der Waals surface area contributed by atoms with Crippen molar-refractivity contribution in [1.29, 1.82) is 0 Å². The number of hydrogen-bond acceptors (Lipinski definition) is 5. The van der Waals surface area contributed by atoms with E-state index in [9.17, 15) is 23.1 Å². The normalized spacial score (nSPS) is 23.7. The van der Waals surface area contributed by atoms with Gasteiger partial charge >= 0.3 is 5.97 Å². The Morgan fingerprint density at radius 2 is 2.12 bits per heavy atom. The number of carboxylic acid groups (broad SMARTS) is 1. The van der Waals surface area contributed by atoms with Crippen molar-refractivity contribution in [2.75, 3.05) is 13.1 Å². The largest absolute Gasteiger partial charge is 0.481 e. The predicted octanol–water partition coefficient (Wildman–Crippen LogP) is 0.0371. The molecule has 0 saturated carbocycles. The number of carboxylic acids is 1. The van der Waals surface area contributed by atoms with Gasteiger partial charge in [-0.3, -0.25) is 14.3 Å². The summed E-state index contributed by atoms with van der Waals surface area (Å²) in [5.41, 5.74) is -0.846. The van der Waals surface area contributed by atoms with Crippen LogP contribution in [-0.4, -0.2) is 58.1 Å². The maximum Gasteiger partial charge on any atom is 0.309 e. The fraction of sp³-hybridized carbons (Fsp3) is 0.667. The third-order valence-electron chi connectivity index (χ3n) is 5.06. The van der Waals surface area contributed by atoms with Crippen molar-refractivity contribution >= 4 is 21.9 Å². The summed E-state index contributed by atoms with van der Waals surface area (Å²) in [6.07, 6.45) is 4.24. The van der Waals surface area contributed by atoms with Crippen molar-refractivity contribution in [2.24, 2.45) is 5.92 Å². The number of aromatic nitrogens is 2. The lowest BCUT2D eigenvalue weighted by Crippen LogP contribution is -2.56. The molecule has 1 atom stereocenters. The molecule has 0 radical (unpaired) electrons. The Kier molecular flexibility index (Phi) is 4.58. The zero-order chi connectivity index (χ0) is 18.2. The van der Waals surface area contributed by atoms with Gasteiger partial charge in [0.2, 0.25) is 15.9 Å². The number of carbonyl (C=O) groups is 2. The zero-order valence-electron chi connectivity index (χ0n) is 14.0. The highest BCUT2D eigenvalue weighted by Crippen LogP contribution is 2.38. The molecule has 0 aromatic carbocycles. The molecule has 3 rings (SSSR count). The van der Waals surface area contributed by atoms with Crippen LogP contribution in [0.15, 0.2) is 17.3 Å². The molecule has 2 saturated heterocycles. The van der Waals surface area contributed by atoms with Crippen molar-refractivity contribution in [3.05, 3.63) is 12.4 Å². The van der Waals surface area contributed by atoms with Crippen LogP contribution in [-0.2, 0) is 26.2 Å². The monoisotopic (exact) mass is 370 g/mol. The van der Waals surface area contributed by atoms with Crippen molar-refractivity contribution in [3.63, 3.8) is 0 Å². The molecule has 0 aliphatic carbocycles. The van der Waals surface area contributed by atoms with Crippen LogP contribution in [0.5, 0.6) is 0 Å². The van der Waals surface area contributed by atoms with E-state index in [1.807, 2.05) is 6.92 Å². The molecule has 2 fully saturated rings. The molecular weight excluding hydrogens is 348 g/mol. The molecule has 1 amide bonds. The third-order valence-corrected chi connectivity index (χ3v) is 6.91. The number of aryl methyl sites for hydroxylation is 1. The lowest BCUT2D eigenvalue weighted by Gasteiger charge is -2.40. The van der Waals surface area contributed by atoms with Gasteiger partial charge in [-0.1, -0.05) is 6.92 Å². The smallest absolute Gasteiger partial charge is 0.309 e. The molecule has 10 heteroatoms. The van der Waals surface area contributed by atoms with E-state index in [4.69, 9.17) is 0 Å². The second-order valence-electron chi connectivity index (χ2n) is 6.64. The second kappa shape index (κ2) is 6.41.